The van der Waals surface area contributed by atoms with Crippen LogP contribution in [0.3, 0.4) is 0 Å². The molecule has 0 unspecified atom stereocenters. The van der Waals surface area contributed by atoms with Gasteiger partial charge in [-0.25, -0.2) is 4.98 Å². The fraction of sp³-hybridized carbons (Fsp3) is 0.133. The fourth-order valence-electron chi connectivity index (χ4n) is 2.68. The van der Waals surface area contributed by atoms with Gasteiger partial charge in [-0.15, -0.1) is 10.2 Å². The van der Waals surface area contributed by atoms with Gasteiger partial charge in [0, 0.05) is 16.3 Å². The zero-order valence-electron chi connectivity index (χ0n) is 12.4. The molecular weight excluding hydrogens is 366 g/mol. The molecule has 0 aliphatic rings. The summed E-state index contributed by atoms with van der Waals surface area (Å²) in [6.07, 6.45) is -8.96. The van der Waals surface area contributed by atoms with E-state index in [-0.39, 0.29) is 28.6 Å². The lowest BCUT2D eigenvalue weighted by molar-refractivity contribution is -0.144. The number of pyridine rings is 1. The summed E-state index contributed by atoms with van der Waals surface area (Å²) < 4.78 is 83.9. The lowest BCUT2D eigenvalue weighted by atomic mass is 10.0. The van der Waals surface area contributed by atoms with Crippen LogP contribution in [-0.4, -0.2) is 20.2 Å². The highest BCUT2D eigenvalue weighted by Crippen LogP contribution is 2.40. The van der Waals surface area contributed by atoms with Crippen molar-refractivity contribution in [1.82, 2.24) is 20.2 Å². The van der Waals surface area contributed by atoms with Gasteiger partial charge >= 0.3 is 12.4 Å². The Bertz CT molecular complexity index is 1110. The molecule has 0 saturated heterocycles. The van der Waals surface area contributed by atoms with Crippen LogP contribution in [0.25, 0.3) is 33.4 Å². The van der Waals surface area contributed by atoms with Crippen molar-refractivity contribution in [3.63, 3.8) is 0 Å². The van der Waals surface area contributed by atoms with E-state index < -0.39 is 34.5 Å². The number of hydrogen-bond acceptors (Lipinski definition) is 4. The molecule has 0 spiro atoms. The first-order valence-corrected chi connectivity index (χ1v) is 7.02. The minimum absolute atomic E-state index is 0.0136. The number of fused-ring (bicyclic) bond motifs is 3. The zero-order chi connectivity index (χ0) is 18.7. The van der Waals surface area contributed by atoms with Crippen LogP contribution >= 0.6 is 0 Å². The number of hydrogen-bond donors (Lipinski definition) is 1. The number of halogens is 6. The average molecular weight is 372 g/mol. The van der Waals surface area contributed by atoms with Gasteiger partial charge in [-0.1, -0.05) is 6.07 Å². The molecule has 0 amide bonds. The monoisotopic (exact) mass is 372 g/mol. The first-order valence-electron chi connectivity index (χ1n) is 7.02. The minimum atomic E-state index is -5.03. The molecule has 0 saturated carbocycles. The molecule has 1 N–H and O–H groups in total. The van der Waals surface area contributed by atoms with E-state index in [1.54, 1.807) is 0 Å². The minimum Gasteiger partial charge on any atom is -0.422 e. The van der Waals surface area contributed by atoms with E-state index in [0.29, 0.717) is 0 Å². The molecule has 1 aromatic carbocycles. The molecule has 5 nitrogen and oxygen atoms in total. The molecule has 11 heteroatoms. The largest absolute Gasteiger partial charge is 0.433 e. The first-order chi connectivity index (χ1) is 12.1. The van der Waals surface area contributed by atoms with E-state index in [1.807, 2.05) is 0 Å². The molecule has 0 fully saturated rings. The molecule has 4 rings (SSSR count). The van der Waals surface area contributed by atoms with Gasteiger partial charge in [0.1, 0.15) is 11.4 Å². The van der Waals surface area contributed by atoms with Gasteiger partial charge in [0.15, 0.2) is 0 Å². The van der Waals surface area contributed by atoms with Crippen LogP contribution in [0.4, 0.5) is 26.3 Å². The van der Waals surface area contributed by atoms with Gasteiger partial charge in [0.2, 0.25) is 6.39 Å². The number of alkyl halides is 6. The van der Waals surface area contributed by atoms with Crippen LogP contribution in [0.5, 0.6) is 0 Å². The van der Waals surface area contributed by atoms with Crippen molar-refractivity contribution in [2.45, 2.75) is 12.4 Å². The highest BCUT2D eigenvalue weighted by molar-refractivity contribution is 6.06. The summed E-state index contributed by atoms with van der Waals surface area (Å²) in [5.41, 5.74) is -2.92. The number of benzene rings is 1. The SMILES string of the molecule is FC(F)(F)c1cc(C(F)(F)F)c2ccc3[nH]c(-c4nnco4)cc3c2n1. The maximum Gasteiger partial charge on any atom is 0.433 e. The zero-order valence-corrected chi connectivity index (χ0v) is 12.4. The summed E-state index contributed by atoms with van der Waals surface area (Å²) in [5, 5.41) is 6.76. The Morgan fingerprint density at radius 3 is 2.31 bits per heavy atom. The van der Waals surface area contributed by atoms with E-state index in [9.17, 15) is 26.3 Å². The second kappa shape index (κ2) is 5.19. The lowest BCUT2D eigenvalue weighted by Crippen LogP contribution is -2.13. The van der Waals surface area contributed by atoms with Crippen molar-refractivity contribution >= 4 is 21.8 Å². The maximum atomic E-state index is 13.3. The molecule has 3 aromatic heterocycles. The molecule has 0 aliphatic carbocycles. The van der Waals surface area contributed by atoms with Crippen molar-refractivity contribution in [2.24, 2.45) is 0 Å². The van der Waals surface area contributed by atoms with Crippen LogP contribution < -0.4 is 0 Å². The Morgan fingerprint density at radius 1 is 0.923 bits per heavy atom. The third-order valence-electron chi connectivity index (χ3n) is 3.76. The van der Waals surface area contributed by atoms with Gasteiger partial charge in [-0.05, 0) is 18.2 Å². The van der Waals surface area contributed by atoms with Crippen molar-refractivity contribution < 1.29 is 30.8 Å². The predicted molar refractivity (Wildman–Crippen MR) is 76.9 cm³/mol. The Kier molecular flexibility index (Phi) is 3.27. The summed E-state index contributed by atoms with van der Waals surface area (Å²) in [6.45, 7) is 0. The van der Waals surface area contributed by atoms with Gasteiger partial charge in [0.05, 0.1) is 11.1 Å². The molecule has 0 bridgehead atoms. The Morgan fingerprint density at radius 2 is 1.69 bits per heavy atom. The Labute approximate surface area is 139 Å². The van der Waals surface area contributed by atoms with Gasteiger partial charge < -0.3 is 9.40 Å². The third kappa shape index (κ3) is 2.55. The molecule has 0 atom stereocenters. The van der Waals surface area contributed by atoms with E-state index in [4.69, 9.17) is 4.42 Å². The van der Waals surface area contributed by atoms with E-state index in [1.165, 1.54) is 12.1 Å². The summed E-state index contributed by atoms with van der Waals surface area (Å²) in [4.78, 5) is 6.24. The van der Waals surface area contributed by atoms with Gasteiger partial charge in [-0.2, -0.15) is 26.3 Å². The lowest BCUT2D eigenvalue weighted by Gasteiger charge is -2.14. The van der Waals surface area contributed by atoms with Crippen molar-refractivity contribution in [3.05, 3.63) is 41.9 Å². The van der Waals surface area contributed by atoms with E-state index in [2.05, 4.69) is 20.2 Å². The smallest absolute Gasteiger partial charge is 0.422 e. The van der Waals surface area contributed by atoms with Crippen LogP contribution in [0.15, 0.2) is 35.1 Å². The second-order valence-corrected chi connectivity index (χ2v) is 5.40. The number of nitrogens with zero attached hydrogens (tertiary/aromatic N) is 3. The van der Waals surface area contributed by atoms with Crippen molar-refractivity contribution in [3.8, 4) is 11.6 Å². The highest BCUT2D eigenvalue weighted by Gasteiger charge is 2.39. The third-order valence-corrected chi connectivity index (χ3v) is 3.76. The van der Waals surface area contributed by atoms with Crippen LogP contribution in [0, 0.1) is 0 Å². The molecule has 4 aromatic rings. The fourth-order valence-corrected chi connectivity index (χ4v) is 2.68. The topological polar surface area (TPSA) is 67.6 Å². The molecular formula is C15H6F6N4O. The summed E-state index contributed by atoms with van der Waals surface area (Å²) in [6, 6.07) is 3.72. The molecule has 3 heterocycles. The number of rotatable bonds is 1. The summed E-state index contributed by atoms with van der Waals surface area (Å²) in [7, 11) is 0. The Balaban J connectivity index is 2.09. The van der Waals surface area contributed by atoms with Crippen LogP contribution in [0.1, 0.15) is 11.3 Å². The number of nitrogens with one attached hydrogen (secondary N) is 1. The van der Waals surface area contributed by atoms with Crippen molar-refractivity contribution in [1.29, 1.82) is 0 Å². The highest BCUT2D eigenvalue weighted by atomic mass is 19.4. The maximum absolute atomic E-state index is 13.3. The number of aromatic amines is 1. The molecule has 0 aliphatic heterocycles. The van der Waals surface area contributed by atoms with Crippen molar-refractivity contribution in [2.75, 3.05) is 0 Å². The van der Waals surface area contributed by atoms with E-state index in [0.717, 1.165) is 12.5 Å². The quantitative estimate of drug-likeness (QED) is 0.487. The van der Waals surface area contributed by atoms with Gasteiger partial charge in [-0.3, -0.25) is 0 Å². The summed E-state index contributed by atoms with van der Waals surface area (Å²) >= 11 is 0. The molecule has 26 heavy (non-hydrogen) atoms. The normalized spacial score (nSPS) is 13.0. The van der Waals surface area contributed by atoms with Gasteiger partial charge in [0.25, 0.3) is 5.89 Å². The summed E-state index contributed by atoms with van der Waals surface area (Å²) in [5.74, 6) is 0.0392. The second-order valence-electron chi connectivity index (χ2n) is 5.40. The predicted octanol–water partition coefficient (Wildman–Crippen LogP) is 4.80. The number of aromatic nitrogens is 4. The standard InChI is InChI=1S/C15H6F6N4O/c16-14(17,18)8-4-11(15(19,20)21)24-12-6(8)1-2-9-7(12)3-10(23-9)13-25-22-5-26-13/h1-5,23H. The first kappa shape index (κ1) is 16.4. The molecule has 0 radical (unpaired) electrons. The number of H-pyrrole nitrogens is 1. The van der Waals surface area contributed by atoms with Crippen LogP contribution in [0.2, 0.25) is 0 Å². The molecule has 134 valence electrons. The van der Waals surface area contributed by atoms with Crippen LogP contribution in [-0.2, 0) is 12.4 Å². The van der Waals surface area contributed by atoms with E-state index >= 15 is 0 Å². The Hall–Kier alpha value is -3.11. The average Bonchev–Trinajstić information content (AvgIpc) is 3.20.